The molecular formula is C13H17N9O2. The summed E-state index contributed by atoms with van der Waals surface area (Å²) in [6.07, 6.45) is 6.13. The minimum atomic E-state index is -0.262. The first-order valence-corrected chi connectivity index (χ1v) is 7.15. The Morgan fingerprint density at radius 2 is 1.96 bits per heavy atom. The number of aromatic amines is 1. The van der Waals surface area contributed by atoms with Crippen LogP contribution in [0, 0.1) is 0 Å². The highest BCUT2D eigenvalue weighted by Crippen LogP contribution is 2.14. The highest BCUT2D eigenvalue weighted by Gasteiger charge is 2.15. The number of ether oxygens (including phenoxy) is 1. The Kier molecular flexibility index (Phi) is 4.35. The van der Waals surface area contributed by atoms with Crippen molar-refractivity contribution in [3.05, 3.63) is 41.3 Å². The summed E-state index contributed by atoms with van der Waals surface area (Å²) < 4.78 is 8.09. The molecule has 4 heterocycles. The predicted octanol–water partition coefficient (Wildman–Crippen LogP) is -0.465. The third-order valence-corrected chi connectivity index (χ3v) is 3.62. The molecule has 1 saturated heterocycles. The summed E-state index contributed by atoms with van der Waals surface area (Å²) in [5.41, 5.74) is 0.108. The molecule has 0 saturated carbocycles. The van der Waals surface area contributed by atoms with Crippen LogP contribution in [0.5, 0.6) is 0 Å². The maximum atomic E-state index is 12.5. The fraction of sp³-hybridized carbons (Fsp3) is 0.308. The van der Waals surface area contributed by atoms with E-state index in [1.807, 2.05) is 0 Å². The highest BCUT2D eigenvalue weighted by molar-refractivity contribution is 5.44. The average molecular weight is 331 g/mol. The van der Waals surface area contributed by atoms with Gasteiger partial charge in [-0.05, 0) is 0 Å². The van der Waals surface area contributed by atoms with Gasteiger partial charge in [0.05, 0.1) is 31.8 Å². The van der Waals surface area contributed by atoms with Crippen molar-refractivity contribution in [2.75, 3.05) is 31.2 Å². The Balaban J connectivity index is 0.00000169. The van der Waals surface area contributed by atoms with E-state index in [0.29, 0.717) is 24.7 Å². The van der Waals surface area contributed by atoms with Crippen molar-refractivity contribution in [3.8, 4) is 11.5 Å². The largest absolute Gasteiger partial charge is 0.378 e. The van der Waals surface area contributed by atoms with Gasteiger partial charge in [0.25, 0.3) is 5.56 Å². The molecule has 4 rings (SSSR count). The maximum Gasteiger partial charge on any atom is 0.298 e. The van der Waals surface area contributed by atoms with Gasteiger partial charge in [-0.1, -0.05) is 5.21 Å². The first-order valence-electron chi connectivity index (χ1n) is 7.15. The molecule has 126 valence electrons. The maximum absolute atomic E-state index is 12.5. The van der Waals surface area contributed by atoms with Gasteiger partial charge in [0.15, 0.2) is 11.5 Å². The summed E-state index contributed by atoms with van der Waals surface area (Å²) in [4.78, 5) is 23.1. The van der Waals surface area contributed by atoms with E-state index in [4.69, 9.17) is 4.74 Å². The normalized spacial score (nSPS) is 14.4. The molecule has 3 aromatic heterocycles. The molecule has 0 atom stereocenters. The second kappa shape index (κ2) is 6.60. The van der Waals surface area contributed by atoms with E-state index in [1.165, 1.54) is 21.9 Å². The van der Waals surface area contributed by atoms with E-state index >= 15 is 0 Å². The molecule has 0 aliphatic carbocycles. The van der Waals surface area contributed by atoms with Gasteiger partial charge in [0.2, 0.25) is 0 Å². The molecule has 0 bridgehead atoms. The minimum absolute atomic E-state index is 0. The van der Waals surface area contributed by atoms with Crippen molar-refractivity contribution in [3.63, 3.8) is 0 Å². The highest BCUT2D eigenvalue weighted by atomic mass is 16.5. The summed E-state index contributed by atoms with van der Waals surface area (Å²) in [6, 6.07) is 1.77. The second-order valence-corrected chi connectivity index (χ2v) is 4.98. The number of hydrogen-bond donors (Lipinski definition) is 2. The average Bonchev–Trinajstić information content (AvgIpc) is 3.25. The van der Waals surface area contributed by atoms with Gasteiger partial charge in [0.1, 0.15) is 12.1 Å². The molecule has 0 radical (unpaired) electrons. The number of nitrogens with zero attached hydrogens (tertiary/aromatic N) is 7. The van der Waals surface area contributed by atoms with Crippen LogP contribution in [0.3, 0.4) is 0 Å². The lowest BCUT2D eigenvalue weighted by molar-refractivity contribution is 0.122. The van der Waals surface area contributed by atoms with Crippen LogP contribution in [0.1, 0.15) is 0 Å². The van der Waals surface area contributed by atoms with Crippen molar-refractivity contribution >= 4 is 5.82 Å². The summed E-state index contributed by atoms with van der Waals surface area (Å²) in [5, 5.41) is 10.4. The summed E-state index contributed by atoms with van der Waals surface area (Å²) >= 11 is 0. The number of rotatable bonds is 3. The first-order chi connectivity index (χ1) is 11.3. The zero-order chi connectivity index (χ0) is 15.6. The van der Waals surface area contributed by atoms with E-state index in [1.54, 1.807) is 18.5 Å². The van der Waals surface area contributed by atoms with Gasteiger partial charge in [-0.15, -0.1) is 5.10 Å². The molecule has 3 aromatic rings. The van der Waals surface area contributed by atoms with Crippen molar-refractivity contribution in [2.45, 2.75) is 0 Å². The van der Waals surface area contributed by atoms with Gasteiger partial charge in [0, 0.05) is 19.2 Å². The van der Waals surface area contributed by atoms with Crippen molar-refractivity contribution < 1.29 is 4.74 Å². The number of anilines is 1. The molecule has 0 amide bonds. The van der Waals surface area contributed by atoms with Crippen LogP contribution in [0.15, 0.2) is 35.8 Å². The Labute approximate surface area is 136 Å². The molecule has 0 spiro atoms. The predicted molar refractivity (Wildman–Crippen MR) is 85.0 cm³/mol. The third-order valence-electron chi connectivity index (χ3n) is 3.62. The monoisotopic (exact) mass is 331 g/mol. The number of nitrogens with one attached hydrogen (secondary N) is 1. The van der Waals surface area contributed by atoms with Crippen LogP contribution < -0.4 is 16.6 Å². The van der Waals surface area contributed by atoms with Gasteiger partial charge in [-0.3, -0.25) is 9.89 Å². The standard InChI is InChI=1S/C13H14N8O2.H3N/c22-13-10(20-2-1-16-18-20)8-17-21(13)12-7-11(14-9-15-12)19-3-5-23-6-4-19;/h1-2,7-9,17H,3-6H2;1H3. The van der Waals surface area contributed by atoms with Gasteiger partial charge >= 0.3 is 0 Å². The summed E-state index contributed by atoms with van der Waals surface area (Å²) in [5.74, 6) is 1.24. The summed E-state index contributed by atoms with van der Waals surface area (Å²) in [6.45, 7) is 2.86. The smallest absolute Gasteiger partial charge is 0.298 e. The van der Waals surface area contributed by atoms with E-state index < -0.39 is 0 Å². The fourth-order valence-electron chi connectivity index (χ4n) is 2.46. The van der Waals surface area contributed by atoms with Crippen molar-refractivity contribution in [1.82, 2.24) is 40.9 Å². The van der Waals surface area contributed by atoms with Gasteiger partial charge in [-0.2, -0.15) is 4.68 Å². The van der Waals surface area contributed by atoms with Gasteiger partial charge < -0.3 is 15.8 Å². The second-order valence-electron chi connectivity index (χ2n) is 4.98. The molecule has 0 aromatic carbocycles. The number of H-pyrrole nitrogens is 1. The third kappa shape index (κ3) is 2.77. The Morgan fingerprint density at radius 3 is 2.71 bits per heavy atom. The number of hydrogen-bond acceptors (Lipinski definition) is 8. The molecule has 11 nitrogen and oxygen atoms in total. The Morgan fingerprint density at radius 1 is 1.17 bits per heavy atom. The van der Waals surface area contributed by atoms with Crippen LogP contribution in [-0.2, 0) is 4.74 Å². The van der Waals surface area contributed by atoms with Crippen LogP contribution >= 0.6 is 0 Å². The van der Waals surface area contributed by atoms with Crippen molar-refractivity contribution in [2.24, 2.45) is 0 Å². The molecule has 24 heavy (non-hydrogen) atoms. The molecule has 1 fully saturated rings. The molecule has 1 aliphatic heterocycles. The number of morpholine rings is 1. The summed E-state index contributed by atoms with van der Waals surface area (Å²) in [7, 11) is 0. The molecular weight excluding hydrogens is 314 g/mol. The minimum Gasteiger partial charge on any atom is -0.378 e. The van der Waals surface area contributed by atoms with Gasteiger partial charge in [-0.25, -0.2) is 14.6 Å². The van der Waals surface area contributed by atoms with Crippen LogP contribution in [-0.4, -0.2) is 61.0 Å². The molecule has 1 aliphatic rings. The van der Waals surface area contributed by atoms with Crippen LogP contribution in [0.4, 0.5) is 5.82 Å². The van der Waals surface area contributed by atoms with Crippen LogP contribution in [0.25, 0.3) is 11.5 Å². The van der Waals surface area contributed by atoms with E-state index in [0.717, 1.165) is 18.9 Å². The first kappa shape index (κ1) is 15.8. The molecule has 11 heteroatoms. The molecule has 0 unspecified atom stereocenters. The van der Waals surface area contributed by atoms with E-state index in [-0.39, 0.29) is 11.7 Å². The van der Waals surface area contributed by atoms with Crippen LogP contribution in [0.2, 0.25) is 0 Å². The topological polar surface area (TPSA) is 142 Å². The zero-order valence-corrected chi connectivity index (χ0v) is 12.9. The fourth-order valence-corrected chi connectivity index (χ4v) is 2.46. The lowest BCUT2D eigenvalue weighted by Crippen LogP contribution is -2.37. The lowest BCUT2D eigenvalue weighted by atomic mass is 10.4. The van der Waals surface area contributed by atoms with E-state index in [2.05, 4.69) is 30.3 Å². The Bertz CT molecular complexity index is 848. The quantitative estimate of drug-likeness (QED) is 0.656. The number of aromatic nitrogens is 7. The SMILES string of the molecule is N.O=c1c(-n2ccnn2)c[nH]n1-c1cc(N2CCOCC2)ncn1. The zero-order valence-electron chi connectivity index (χ0n) is 12.9. The van der Waals surface area contributed by atoms with E-state index in [9.17, 15) is 4.79 Å². The van der Waals surface area contributed by atoms with Crippen molar-refractivity contribution in [1.29, 1.82) is 0 Å². The lowest BCUT2D eigenvalue weighted by Gasteiger charge is -2.27. The Hall–Kier alpha value is -3.05. The molecule has 4 N–H and O–H groups in total.